The van der Waals surface area contributed by atoms with Gasteiger partial charge in [-0.2, -0.15) is 0 Å². The maximum absolute atomic E-state index is 10.4. The number of nitrogens with one attached hydrogen (secondary N) is 1. The standard InChI is InChI=1S/C15H20N6O/c1-20-13(22)8-12(11-2-5-17-10-18-11)19-14(20)21-7-6-16-9-15(21)3-4-15/h2,5,8,10,13,16,22H,3-4,6-7,9H2,1H3. The van der Waals surface area contributed by atoms with Gasteiger partial charge in [0.1, 0.15) is 6.33 Å². The number of aromatic nitrogens is 2. The Morgan fingerprint density at radius 3 is 3.00 bits per heavy atom. The van der Waals surface area contributed by atoms with E-state index in [-0.39, 0.29) is 5.54 Å². The minimum atomic E-state index is -0.692. The van der Waals surface area contributed by atoms with E-state index in [2.05, 4.69) is 20.2 Å². The van der Waals surface area contributed by atoms with Crippen LogP contribution in [0.5, 0.6) is 0 Å². The second-order valence-electron chi connectivity index (χ2n) is 6.14. The minimum absolute atomic E-state index is 0.180. The number of aliphatic hydroxyl groups excluding tert-OH is 1. The van der Waals surface area contributed by atoms with E-state index in [1.54, 1.807) is 12.3 Å². The number of guanidine groups is 1. The Labute approximate surface area is 129 Å². The fraction of sp³-hybridized carbons (Fsp3) is 0.533. The third kappa shape index (κ3) is 2.17. The topological polar surface area (TPSA) is 76.9 Å². The van der Waals surface area contributed by atoms with Crippen LogP contribution in [-0.2, 0) is 0 Å². The molecule has 1 unspecified atom stereocenters. The first-order chi connectivity index (χ1) is 10.7. The Kier molecular flexibility index (Phi) is 3.12. The number of aliphatic hydroxyl groups is 1. The van der Waals surface area contributed by atoms with E-state index in [4.69, 9.17) is 4.99 Å². The molecule has 1 saturated carbocycles. The van der Waals surface area contributed by atoms with Crippen LogP contribution in [0.2, 0.25) is 0 Å². The first-order valence-electron chi connectivity index (χ1n) is 7.66. The lowest BCUT2D eigenvalue weighted by atomic mass is 10.1. The molecule has 3 aliphatic rings. The van der Waals surface area contributed by atoms with Crippen molar-refractivity contribution in [1.82, 2.24) is 25.1 Å². The maximum atomic E-state index is 10.4. The molecule has 116 valence electrons. The van der Waals surface area contributed by atoms with Crippen molar-refractivity contribution in [2.24, 2.45) is 4.99 Å². The fourth-order valence-corrected chi connectivity index (χ4v) is 3.18. The Bertz CT molecular complexity index is 624. The van der Waals surface area contributed by atoms with Crippen LogP contribution in [0.4, 0.5) is 0 Å². The number of piperazine rings is 1. The molecule has 1 saturated heterocycles. The minimum Gasteiger partial charge on any atom is -0.370 e. The summed E-state index contributed by atoms with van der Waals surface area (Å²) in [5.41, 5.74) is 1.62. The van der Waals surface area contributed by atoms with Gasteiger partial charge >= 0.3 is 0 Å². The zero-order valence-corrected chi connectivity index (χ0v) is 12.6. The molecule has 0 bridgehead atoms. The highest BCUT2D eigenvalue weighted by Gasteiger charge is 2.51. The SMILES string of the molecule is CN1C(N2CCNCC23CC3)=NC(c2ccncn2)=CC1O. The zero-order chi connectivity index (χ0) is 15.2. The first-order valence-corrected chi connectivity index (χ1v) is 7.66. The molecule has 2 fully saturated rings. The van der Waals surface area contributed by atoms with E-state index < -0.39 is 6.23 Å². The summed E-state index contributed by atoms with van der Waals surface area (Å²) in [7, 11) is 1.88. The van der Waals surface area contributed by atoms with Crippen LogP contribution in [0.15, 0.2) is 29.7 Å². The third-order valence-corrected chi connectivity index (χ3v) is 4.69. The van der Waals surface area contributed by atoms with Gasteiger partial charge in [-0.3, -0.25) is 0 Å². The van der Waals surface area contributed by atoms with Crippen molar-refractivity contribution >= 4 is 11.7 Å². The fourth-order valence-electron chi connectivity index (χ4n) is 3.18. The van der Waals surface area contributed by atoms with E-state index >= 15 is 0 Å². The van der Waals surface area contributed by atoms with Gasteiger partial charge in [-0.1, -0.05) is 0 Å². The highest BCUT2D eigenvalue weighted by atomic mass is 16.3. The molecule has 4 rings (SSSR count). The molecule has 1 spiro atoms. The molecule has 22 heavy (non-hydrogen) atoms. The average molecular weight is 300 g/mol. The van der Waals surface area contributed by atoms with Crippen molar-refractivity contribution in [2.45, 2.75) is 24.6 Å². The van der Waals surface area contributed by atoms with Gasteiger partial charge < -0.3 is 20.2 Å². The van der Waals surface area contributed by atoms with Crippen molar-refractivity contribution < 1.29 is 5.11 Å². The van der Waals surface area contributed by atoms with Crippen LogP contribution >= 0.6 is 0 Å². The normalized spacial score (nSPS) is 26.7. The van der Waals surface area contributed by atoms with Crippen LogP contribution in [0.1, 0.15) is 18.5 Å². The van der Waals surface area contributed by atoms with E-state index in [0.29, 0.717) is 5.70 Å². The van der Waals surface area contributed by atoms with Crippen molar-refractivity contribution in [3.63, 3.8) is 0 Å². The van der Waals surface area contributed by atoms with Gasteiger partial charge in [-0.15, -0.1) is 0 Å². The Morgan fingerprint density at radius 2 is 2.27 bits per heavy atom. The monoisotopic (exact) mass is 300 g/mol. The summed E-state index contributed by atoms with van der Waals surface area (Å²) in [6, 6.07) is 1.82. The maximum Gasteiger partial charge on any atom is 0.204 e. The molecule has 0 radical (unpaired) electrons. The van der Waals surface area contributed by atoms with Crippen LogP contribution < -0.4 is 5.32 Å². The lowest BCUT2D eigenvalue weighted by molar-refractivity contribution is 0.0905. The van der Waals surface area contributed by atoms with Crippen molar-refractivity contribution in [1.29, 1.82) is 0 Å². The number of rotatable bonds is 1. The Balaban J connectivity index is 1.71. The summed E-state index contributed by atoms with van der Waals surface area (Å²) in [5, 5.41) is 13.8. The number of hydrogen-bond acceptors (Lipinski definition) is 7. The number of nitrogens with zero attached hydrogens (tertiary/aromatic N) is 5. The van der Waals surface area contributed by atoms with Crippen molar-refractivity contribution in [2.75, 3.05) is 26.7 Å². The molecule has 1 aromatic heterocycles. The molecule has 7 nitrogen and oxygen atoms in total. The van der Waals surface area contributed by atoms with Gasteiger partial charge in [0.15, 0.2) is 6.23 Å². The van der Waals surface area contributed by atoms with Crippen LogP contribution in [0, 0.1) is 0 Å². The molecule has 1 aromatic rings. The van der Waals surface area contributed by atoms with Gasteiger partial charge in [-0.05, 0) is 25.0 Å². The number of likely N-dealkylation sites (N-methyl/N-ethyl adjacent to an activating group) is 1. The average Bonchev–Trinajstić information content (AvgIpc) is 3.31. The van der Waals surface area contributed by atoms with E-state index in [9.17, 15) is 5.11 Å². The molecule has 2 N–H and O–H groups in total. The van der Waals surface area contributed by atoms with Gasteiger partial charge in [0, 0.05) is 32.9 Å². The van der Waals surface area contributed by atoms with Crippen LogP contribution in [0.25, 0.3) is 5.70 Å². The zero-order valence-electron chi connectivity index (χ0n) is 12.6. The van der Waals surface area contributed by atoms with Gasteiger partial charge in [0.05, 0.1) is 16.9 Å². The summed E-state index contributed by atoms with van der Waals surface area (Å²) < 4.78 is 0. The van der Waals surface area contributed by atoms with Crippen LogP contribution in [0.3, 0.4) is 0 Å². The summed E-state index contributed by atoms with van der Waals surface area (Å²) in [4.78, 5) is 17.2. The number of hydrogen-bond donors (Lipinski definition) is 2. The Morgan fingerprint density at radius 1 is 1.41 bits per heavy atom. The summed E-state index contributed by atoms with van der Waals surface area (Å²) in [5.74, 6) is 0.836. The molecular weight excluding hydrogens is 280 g/mol. The lowest BCUT2D eigenvalue weighted by Crippen LogP contribution is -2.60. The van der Waals surface area contributed by atoms with E-state index in [1.807, 2.05) is 18.0 Å². The molecule has 3 heterocycles. The smallest absolute Gasteiger partial charge is 0.204 e. The lowest BCUT2D eigenvalue weighted by Gasteiger charge is -2.43. The van der Waals surface area contributed by atoms with Gasteiger partial charge in [-0.25, -0.2) is 15.0 Å². The highest BCUT2D eigenvalue weighted by Crippen LogP contribution is 2.43. The molecular formula is C15H20N6O. The predicted octanol–water partition coefficient (Wildman–Crippen LogP) is -0.125. The summed E-state index contributed by atoms with van der Waals surface area (Å²) in [6.45, 7) is 2.84. The van der Waals surface area contributed by atoms with Gasteiger partial charge in [0.2, 0.25) is 5.96 Å². The third-order valence-electron chi connectivity index (χ3n) is 4.69. The number of aliphatic imine (C=N–C) groups is 1. The van der Waals surface area contributed by atoms with Crippen molar-refractivity contribution in [3.8, 4) is 0 Å². The molecule has 7 heteroatoms. The van der Waals surface area contributed by atoms with Crippen LogP contribution in [-0.4, -0.2) is 69.3 Å². The van der Waals surface area contributed by atoms with Gasteiger partial charge in [0.25, 0.3) is 0 Å². The van der Waals surface area contributed by atoms with Crippen molar-refractivity contribution in [3.05, 3.63) is 30.4 Å². The summed E-state index contributed by atoms with van der Waals surface area (Å²) >= 11 is 0. The first kappa shape index (κ1) is 13.7. The second-order valence-corrected chi connectivity index (χ2v) is 6.14. The predicted molar refractivity (Wildman–Crippen MR) is 82.8 cm³/mol. The molecule has 1 aliphatic carbocycles. The van der Waals surface area contributed by atoms with E-state index in [0.717, 1.165) is 31.3 Å². The molecule has 0 amide bonds. The largest absolute Gasteiger partial charge is 0.370 e. The summed E-state index contributed by atoms with van der Waals surface area (Å²) in [6.07, 6.45) is 6.58. The quantitative estimate of drug-likeness (QED) is 0.753. The Hall–Kier alpha value is -1.99. The highest BCUT2D eigenvalue weighted by molar-refractivity contribution is 5.89. The molecule has 1 atom stereocenters. The molecule has 0 aromatic carbocycles. The molecule has 2 aliphatic heterocycles. The van der Waals surface area contributed by atoms with E-state index in [1.165, 1.54) is 19.2 Å². The second kappa shape index (κ2) is 5.03.